The Hall–Kier alpha value is -2.83. The summed E-state index contributed by atoms with van der Waals surface area (Å²) >= 11 is 1.83. The first kappa shape index (κ1) is 30.7. The summed E-state index contributed by atoms with van der Waals surface area (Å²) < 4.78 is 0. The number of nitrogens with one attached hydrogen (secondary N) is 4. The molecule has 0 saturated carbocycles. The van der Waals surface area contributed by atoms with Gasteiger partial charge in [-0.2, -0.15) is 11.8 Å². The lowest BCUT2D eigenvalue weighted by molar-refractivity contribution is -0.154. The van der Waals surface area contributed by atoms with Gasteiger partial charge < -0.3 is 26.4 Å². The Morgan fingerprint density at radius 3 is 2.21 bits per heavy atom. The lowest BCUT2D eigenvalue weighted by Crippen LogP contribution is -2.48. The van der Waals surface area contributed by atoms with Crippen LogP contribution in [0.3, 0.4) is 0 Å². The van der Waals surface area contributed by atoms with E-state index in [9.17, 15) is 33.9 Å². The van der Waals surface area contributed by atoms with E-state index in [-0.39, 0.29) is 68.5 Å². The van der Waals surface area contributed by atoms with Crippen LogP contribution in [0.2, 0.25) is 0 Å². The molecule has 12 nitrogen and oxygen atoms in total. The lowest BCUT2D eigenvalue weighted by Gasteiger charge is -2.24. The van der Waals surface area contributed by atoms with Crippen LogP contribution < -0.4 is 21.3 Å². The normalized spacial score (nSPS) is 23.7. The largest absolute Gasteiger partial charge is 0.480 e. The zero-order valence-electron chi connectivity index (χ0n) is 22.5. The fourth-order valence-electron chi connectivity index (χ4n) is 5.34. The highest BCUT2D eigenvalue weighted by Gasteiger charge is 2.42. The molecule has 3 fully saturated rings. The van der Waals surface area contributed by atoms with Crippen LogP contribution in [-0.2, 0) is 24.0 Å². The van der Waals surface area contributed by atoms with E-state index in [1.165, 1.54) is 0 Å². The second kappa shape index (κ2) is 15.1. The Balaban J connectivity index is 1.45. The zero-order valence-corrected chi connectivity index (χ0v) is 23.4. The second-order valence-corrected chi connectivity index (χ2v) is 11.7. The number of fused-ring (bicyclic) bond motifs is 1. The van der Waals surface area contributed by atoms with Crippen molar-refractivity contribution in [3.05, 3.63) is 0 Å². The van der Waals surface area contributed by atoms with Gasteiger partial charge in [-0.15, -0.1) is 0 Å². The Morgan fingerprint density at radius 2 is 1.59 bits per heavy atom. The predicted octanol–water partition coefficient (Wildman–Crippen LogP) is 1.62. The number of imide groups is 1. The van der Waals surface area contributed by atoms with E-state index in [1.807, 2.05) is 18.7 Å². The summed E-state index contributed by atoms with van der Waals surface area (Å²) in [5.41, 5.74) is 0. The van der Waals surface area contributed by atoms with Gasteiger partial charge in [0.05, 0.1) is 12.1 Å². The molecule has 3 aliphatic heterocycles. The van der Waals surface area contributed by atoms with Gasteiger partial charge in [0.2, 0.25) is 23.6 Å². The van der Waals surface area contributed by atoms with Gasteiger partial charge in [0.25, 0.3) is 0 Å². The maximum absolute atomic E-state index is 12.7. The SMILES string of the molecule is CCCCCC(=O)NC(CCCC(C(=O)O)N1C(=O)CCC1=O)NC(=O)CCCC[C@@H]1SC[C@@H]2NC(=O)N[C@@H]21. The molecule has 5 N–H and O–H groups in total. The molecule has 0 bridgehead atoms. The fraction of sp³-hybridized carbons (Fsp3) is 0.769. The molecule has 0 aliphatic carbocycles. The second-order valence-electron chi connectivity index (χ2n) is 10.5. The third kappa shape index (κ3) is 9.11. The number of unbranched alkanes of at least 4 members (excludes halogenated alkanes) is 3. The molecular weight excluding hydrogens is 526 g/mol. The number of carbonyl (C=O) groups is 6. The first-order chi connectivity index (χ1) is 18.7. The number of aliphatic carboxylic acids is 1. The smallest absolute Gasteiger partial charge is 0.326 e. The van der Waals surface area contributed by atoms with Gasteiger partial charge in [-0.25, -0.2) is 9.59 Å². The minimum Gasteiger partial charge on any atom is -0.480 e. The number of hydrogen-bond donors (Lipinski definition) is 5. The topological polar surface area (TPSA) is 174 Å². The number of carboxylic acids is 1. The molecule has 13 heteroatoms. The van der Waals surface area contributed by atoms with Crippen molar-refractivity contribution in [1.29, 1.82) is 0 Å². The number of urea groups is 1. The average molecular weight is 568 g/mol. The van der Waals surface area contributed by atoms with Crippen LogP contribution in [0.5, 0.6) is 0 Å². The number of thioether (sulfide) groups is 1. The lowest BCUT2D eigenvalue weighted by atomic mass is 10.0. The molecule has 0 aromatic carbocycles. The summed E-state index contributed by atoms with van der Waals surface area (Å²) in [6.07, 6.45) is 5.60. The Labute approximate surface area is 233 Å². The van der Waals surface area contributed by atoms with Gasteiger partial charge >= 0.3 is 12.0 Å². The van der Waals surface area contributed by atoms with Gasteiger partial charge in [-0.1, -0.05) is 26.2 Å². The quantitative estimate of drug-likeness (QED) is 0.0763. The highest BCUT2D eigenvalue weighted by atomic mass is 32.2. The van der Waals surface area contributed by atoms with E-state index in [2.05, 4.69) is 21.3 Å². The number of likely N-dealkylation sites (tertiary alicyclic amines) is 1. The van der Waals surface area contributed by atoms with E-state index in [1.54, 1.807) is 0 Å². The van der Waals surface area contributed by atoms with Gasteiger partial charge in [0.15, 0.2) is 0 Å². The maximum Gasteiger partial charge on any atom is 0.326 e. The van der Waals surface area contributed by atoms with Crippen molar-refractivity contribution in [2.75, 3.05) is 5.75 Å². The molecule has 5 atom stereocenters. The number of rotatable bonds is 17. The van der Waals surface area contributed by atoms with Crippen molar-refractivity contribution in [1.82, 2.24) is 26.2 Å². The number of nitrogens with zero attached hydrogens (tertiary/aromatic N) is 1. The summed E-state index contributed by atoms with van der Waals surface area (Å²) in [6.45, 7) is 2.04. The maximum atomic E-state index is 12.7. The van der Waals surface area contributed by atoms with Gasteiger partial charge in [0.1, 0.15) is 12.2 Å². The summed E-state index contributed by atoms with van der Waals surface area (Å²) in [5.74, 6) is -1.73. The average Bonchev–Trinajstić information content (AvgIpc) is 3.53. The van der Waals surface area contributed by atoms with Gasteiger partial charge in [-0.3, -0.25) is 24.1 Å². The molecule has 39 heavy (non-hydrogen) atoms. The van der Waals surface area contributed by atoms with Crippen molar-refractivity contribution >= 4 is 47.4 Å². The van der Waals surface area contributed by atoms with Crippen molar-refractivity contribution in [3.8, 4) is 0 Å². The third-order valence-corrected chi connectivity index (χ3v) is 8.92. The van der Waals surface area contributed by atoms with Crippen LogP contribution >= 0.6 is 11.8 Å². The van der Waals surface area contributed by atoms with E-state index in [4.69, 9.17) is 0 Å². The van der Waals surface area contributed by atoms with Crippen LogP contribution in [0.4, 0.5) is 4.79 Å². The summed E-state index contributed by atoms with van der Waals surface area (Å²) in [4.78, 5) is 73.3. The third-order valence-electron chi connectivity index (χ3n) is 7.42. The van der Waals surface area contributed by atoms with Crippen molar-refractivity contribution in [2.24, 2.45) is 0 Å². The summed E-state index contributed by atoms with van der Waals surface area (Å²) in [6, 6.07) is -1.08. The van der Waals surface area contributed by atoms with Crippen molar-refractivity contribution in [2.45, 2.75) is 120 Å². The van der Waals surface area contributed by atoms with Crippen LogP contribution in [0.1, 0.15) is 90.4 Å². The molecule has 3 aliphatic rings. The molecule has 3 heterocycles. The minimum absolute atomic E-state index is 0.0152. The van der Waals surface area contributed by atoms with Crippen LogP contribution in [-0.4, -0.2) is 80.9 Å². The van der Waals surface area contributed by atoms with Crippen molar-refractivity contribution in [3.63, 3.8) is 0 Å². The first-order valence-corrected chi connectivity index (χ1v) is 15.1. The summed E-state index contributed by atoms with van der Waals surface area (Å²) in [7, 11) is 0. The Kier molecular flexibility index (Phi) is 11.9. The minimum atomic E-state index is -1.25. The highest BCUT2D eigenvalue weighted by Crippen LogP contribution is 2.33. The molecule has 0 radical (unpaired) electrons. The molecule has 0 aromatic rings. The molecule has 3 saturated heterocycles. The molecule has 0 aromatic heterocycles. The molecule has 2 unspecified atom stereocenters. The van der Waals surface area contributed by atoms with Crippen LogP contribution in [0.15, 0.2) is 0 Å². The van der Waals surface area contributed by atoms with Crippen LogP contribution in [0.25, 0.3) is 0 Å². The predicted molar refractivity (Wildman–Crippen MR) is 145 cm³/mol. The standard InChI is InChI=1S/C26H41N5O7S/c1-2-3-4-11-20(32)28-19(10-7-8-17(25(36)37)31-22(34)13-14-23(31)35)29-21(33)12-6-5-9-18-24-16(15-39-18)27-26(38)30-24/h16-19,24H,2-15H2,1H3,(H,28,32)(H,29,33)(H,36,37)(H2,27,30,38)/t16-,17?,18-,19?,24-/m0/s1. The summed E-state index contributed by atoms with van der Waals surface area (Å²) in [5, 5.41) is 21.5. The number of carbonyl (C=O) groups excluding carboxylic acids is 5. The Bertz CT molecular complexity index is 916. The van der Waals surface area contributed by atoms with E-state index in [0.29, 0.717) is 18.1 Å². The zero-order chi connectivity index (χ0) is 28.4. The highest BCUT2D eigenvalue weighted by molar-refractivity contribution is 8.00. The van der Waals surface area contributed by atoms with Crippen LogP contribution in [0, 0.1) is 0 Å². The Morgan fingerprint density at radius 1 is 0.949 bits per heavy atom. The molecular formula is C26H41N5O7S. The van der Waals surface area contributed by atoms with E-state index >= 15 is 0 Å². The van der Waals surface area contributed by atoms with Gasteiger partial charge in [-0.05, 0) is 38.5 Å². The molecule has 6 amide bonds. The monoisotopic (exact) mass is 567 g/mol. The number of amides is 6. The van der Waals surface area contributed by atoms with E-state index < -0.39 is 30.0 Å². The number of carboxylic acid groups (broad SMARTS) is 1. The van der Waals surface area contributed by atoms with Gasteiger partial charge in [0, 0.05) is 36.7 Å². The first-order valence-electron chi connectivity index (χ1n) is 14.0. The molecule has 0 spiro atoms. The molecule has 3 rings (SSSR count). The fourth-order valence-corrected chi connectivity index (χ4v) is 6.89. The number of hydrogen-bond acceptors (Lipinski definition) is 7. The van der Waals surface area contributed by atoms with Crippen molar-refractivity contribution < 1.29 is 33.9 Å². The van der Waals surface area contributed by atoms with E-state index in [0.717, 1.165) is 42.8 Å². The molecule has 218 valence electrons.